The Morgan fingerprint density at radius 3 is 1.55 bits per heavy atom. The molecule has 0 saturated carbocycles. The maximum Gasteiger partial charge on any atom is 0.305 e. The zero-order valence-corrected chi connectivity index (χ0v) is 12.7. The largest absolute Gasteiger partial charge is 0.481 e. The fraction of sp³-hybridized carbons (Fsp3) is 0.714. The van der Waals surface area contributed by atoms with E-state index in [4.69, 9.17) is 14.6 Å². The average Bonchev–Trinajstić information content (AvgIpc) is 2.44. The van der Waals surface area contributed by atoms with Gasteiger partial charge < -0.3 is 19.3 Å². The number of ether oxygens (including phenoxy) is 3. The van der Waals surface area contributed by atoms with Crippen LogP contribution in [0, 0.1) is 0 Å². The molecule has 8 nitrogen and oxygen atoms in total. The molecule has 22 heavy (non-hydrogen) atoms. The van der Waals surface area contributed by atoms with Gasteiger partial charge in [-0.15, -0.1) is 0 Å². The van der Waals surface area contributed by atoms with Crippen molar-refractivity contribution in [1.29, 1.82) is 0 Å². The van der Waals surface area contributed by atoms with Crippen molar-refractivity contribution in [2.24, 2.45) is 0 Å². The highest BCUT2D eigenvalue weighted by molar-refractivity contribution is 5.70. The van der Waals surface area contributed by atoms with Crippen molar-refractivity contribution in [1.82, 2.24) is 0 Å². The smallest absolute Gasteiger partial charge is 0.305 e. The molecule has 0 fully saturated rings. The van der Waals surface area contributed by atoms with Gasteiger partial charge in [-0.1, -0.05) is 0 Å². The Kier molecular flexibility index (Phi) is 11.4. The topological polar surface area (TPSA) is 116 Å². The van der Waals surface area contributed by atoms with Crippen LogP contribution in [0.4, 0.5) is 0 Å². The van der Waals surface area contributed by atoms with E-state index in [1.165, 1.54) is 6.92 Å². The molecule has 0 spiro atoms. The van der Waals surface area contributed by atoms with E-state index in [1.807, 2.05) is 0 Å². The van der Waals surface area contributed by atoms with Crippen molar-refractivity contribution in [2.75, 3.05) is 19.8 Å². The van der Waals surface area contributed by atoms with E-state index in [-0.39, 0.29) is 45.5 Å². The van der Waals surface area contributed by atoms with Gasteiger partial charge in [0, 0.05) is 26.2 Å². The molecule has 0 rings (SSSR count). The van der Waals surface area contributed by atoms with Gasteiger partial charge in [0.1, 0.15) is 0 Å². The van der Waals surface area contributed by atoms with Crippen LogP contribution >= 0.6 is 0 Å². The summed E-state index contributed by atoms with van der Waals surface area (Å²) >= 11 is 0. The SMILES string of the molecule is CC(=O)OCCCC(=O)OCCCC(=O)OCCCC(=O)O. The second-order valence-electron chi connectivity index (χ2n) is 4.49. The molecule has 0 aromatic heterocycles. The monoisotopic (exact) mass is 318 g/mol. The molecule has 8 heteroatoms. The Morgan fingerprint density at radius 1 is 0.727 bits per heavy atom. The molecule has 0 heterocycles. The van der Waals surface area contributed by atoms with Crippen LogP contribution in [0.25, 0.3) is 0 Å². The summed E-state index contributed by atoms with van der Waals surface area (Å²) < 4.78 is 14.4. The van der Waals surface area contributed by atoms with E-state index in [1.54, 1.807) is 0 Å². The summed E-state index contributed by atoms with van der Waals surface area (Å²) in [5.74, 6) is -2.19. The van der Waals surface area contributed by atoms with Crippen LogP contribution in [0.3, 0.4) is 0 Å². The number of carboxylic acids is 1. The van der Waals surface area contributed by atoms with E-state index in [0.717, 1.165) is 0 Å². The van der Waals surface area contributed by atoms with Gasteiger partial charge in [0.2, 0.25) is 0 Å². The fourth-order valence-electron chi connectivity index (χ4n) is 1.39. The number of carbonyl (C=O) groups excluding carboxylic acids is 3. The van der Waals surface area contributed by atoms with Gasteiger partial charge >= 0.3 is 23.9 Å². The predicted molar refractivity (Wildman–Crippen MR) is 73.9 cm³/mol. The van der Waals surface area contributed by atoms with Crippen LogP contribution in [-0.4, -0.2) is 48.8 Å². The van der Waals surface area contributed by atoms with Crippen molar-refractivity contribution in [3.05, 3.63) is 0 Å². The van der Waals surface area contributed by atoms with Crippen LogP contribution < -0.4 is 0 Å². The Bertz CT molecular complexity index is 341. The highest BCUT2D eigenvalue weighted by atomic mass is 16.5. The number of rotatable bonds is 12. The molecule has 0 aromatic rings. The molecule has 0 bridgehead atoms. The summed E-state index contributed by atoms with van der Waals surface area (Å²) in [6.07, 6.45) is 1.22. The van der Waals surface area contributed by atoms with Crippen LogP contribution in [0.1, 0.15) is 45.4 Å². The van der Waals surface area contributed by atoms with Gasteiger partial charge in [-0.3, -0.25) is 19.2 Å². The van der Waals surface area contributed by atoms with Crippen molar-refractivity contribution >= 4 is 23.9 Å². The zero-order valence-electron chi connectivity index (χ0n) is 12.7. The maximum atomic E-state index is 11.3. The number of hydrogen-bond donors (Lipinski definition) is 1. The third-order valence-corrected chi connectivity index (χ3v) is 2.42. The third kappa shape index (κ3) is 14.3. The van der Waals surface area contributed by atoms with E-state index < -0.39 is 23.9 Å². The zero-order chi connectivity index (χ0) is 16.8. The Morgan fingerprint density at radius 2 is 1.14 bits per heavy atom. The van der Waals surface area contributed by atoms with Crippen molar-refractivity contribution in [2.45, 2.75) is 45.4 Å². The first-order valence-electron chi connectivity index (χ1n) is 7.08. The molecular formula is C14H22O8. The summed E-state index contributed by atoms with van der Waals surface area (Å²) in [4.78, 5) is 43.2. The normalized spacial score (nSPS) is 9.86. The van der Waals surface area contributed by atoms with Gasteiger partial charge in [0.15, 0.2) is 0 Å². The molecule has 0 radical (unpaired) electrons. The lowest BCUT2D eigenvalue weighted by molar-refractivity contribution is -0.148. The molecule has 0 atom stereocenters. The summed E-state index contributed by atoms with van der Waals surface area (Å²) in [5.41, 5.74) is 0. The van der Waals surface area contributed by atoms with Crippen molar-refractivity contribution in [3.8, 4) is 0 Å². The van der Waals surface area contributed by atoms with E-state index in [9.17, 15) is 19.2 Å². The van der Waals surface area contributed by atoms with Gasteiger partial charge in [-0.05, 0) is 19.3 Å². The second-order valence-corrected chi connectivity index (χ2v) is 4.49. The first kappa shape index (κ1) is 19.9. The standard InChI is InChI=1S/C14H22O8/c1-11(15)20-8-3-6-13(18)22-10-4-7-14(19)21-9-2-5-12(16)17/h2-10H2,1H3,(H,16,17). The Balaban J connectivity index is 3.43. The van der Waals surface area contributed by atoms with Crippen LogP contribution in [0.2, 0.25) is 0 Å². The highest BCUT2D eigenvalue weighted by Gasteiger charge is 2.06. The Labute approximate surface area is 128 Å². The fourth-order valence-corrected chi connectivity index (χ4v) is 1.39. The summed E-state index contributed by atoms with van der Waals surface area (Å²) in [5, 5.41) is 8.40. The molecule has 126 valence electrons. The molecule has 0 aliphatic carbocycles. The summed E-state index contributed by atoms with van der Waals surface area (Å²) in [6.45, 7) is 1.64. The lowest BCUT2D eigenvalue weighted by Gasteiger charge is -2.06. The van der Waals surface area contributed by atoms with Crippen molar-refractivity contribution < 1.29 is 38.5 Å². The number of hydrogen-bond acceptors (Lipinski definition) is 7. The number of esters is 3. The Hall–Kier alpha value is -2.12. The van der Waals surface area contributed by atoms with Gasteiger partial charge in [-0.2, -0.15) is 0 Å². The molecule has 0 amide bonds. The lowest BCUT2D eigenvalue weighted by atomic mass is 10.3. The molecule has 0 unspecified atom stereocenters. The lowest BCUT2D eigenvalue weighted by Crippen LogP contribution is -2.11. The predicted octanol–water partition coefficient (Wildman–Crippen LogP) is 1.06. The second kappa shape index (κ2) is 12.6. The maximum absolute atomic E-state index is 11.3. The summed E-state index contributed by atoms with van der Waals surface area (Å²) in [6, 6.07) is 0. The average molecular weight is 318 g/mol. The van der Waals surface area contributed by atoms with Gasteiger partial charge in [-0.25, -0.2) is 0 Å². The molecule has 0 aliphatic heterocycles. The molecule has 0 saturated heterocycles. The molecule has 0 aliphatic rings. The molecule has 0 aromatic carbocycles. The quantitative estimate of drug-likeness (QED) is 0.322. The first-order chi connectivity index (χ1) is 10.4. The minimum atomic E-state index is -0.934. The highest BCUT2D eigenvalue weighted by Crippen LogP contribution is 1.99. The van der Waals surface area contributed by atoms with E-state index in [0.29, 0.717) is 12.8 Å². The number of carbonyl (C=O) groups is 4. The number of carboxylic acid groups (broad SMARTS) is 1. The molecule has 1 N–H and O–H groups in total. The number of aliphatic carboxylic acids is 1. The minimum Gasteiger partial charge on any atom is -0.481 e. The van der Waals surface area contributed by atoms with Gasteiger partial charge in [0.05, 0.1) is 19.8 Å². The van der Waals surface area contributed by atoms with E-state index in [2.05, 4.69) is 4.74 Å². The third-order valence-electron chi connectivity index (χ3n) is 2.42. The summed E-state index contributed by atoms with van der Waals surface area (Å²) in [7, 11) is 0. The van der Waals surface area contributed by atoms with Crippen LogP contribution in [-0.2, 0) is 33.4 Å². The van der Waals surface area contributed by atoms with Crippen molar-refractivity contribution in [3.63, 3.8) is 0 Å². The minimum absolute atomic E-state index is 0.0434. The first-order valence-corrected chi connectivity index (χ1v) is 7.08. The van der Waals surface area contributed by atoms with Gasteiger partial charge in [0.25, 0.3) is 0 Å². The van der Waals surface area contributed by atoms with Crippen LogP contribution in [0.15, 0.2) is 0 Å². The van der Waals surface area contributed by atoms with E-state index >= 15 is 0 Å². The molecular weight excluding hydrogens is 296 g/mol. The van der Waals surface area contributed by atoms with Crippen LogP contribution in [0.5, 0.6) is 0 Å².